The average Bonchev–Trinajstić information content (AvgIpc) is 2.89. The number of rotatable bonds is 7. The van der Waals surface area contributed by atoms with E-state index in [-0.39, 0.29) is 21.8 Å². The zero-order valence-electron chi connectivity index (χ0n) is 19.6. The van der Waals surface area contributed by atoms with Crippen LogP contribution in [-0.2, 0) is 11.3 Å². The summed E-state index contributed by atoms with van der Waals surface area (Å²) >= 11 is 5.88. The fraction of sp³-hybridized carbons (Fsp3) is 0.231. The fourth-order valence-electron chi connectivity index (χ4n) is 4.13. The Labute approximate surface area is 213 Å². The van der Waals surface area contributed by atoms with E-state index in [4.69, 9.17) is 16.3 Å². The Morgan fingerprint density at radius 1 is 1.00 bits per heavy atom. The molecule has 0 atom stereocenters. The number of nitro groups is 1. The number of ether oxygens (including phenoxy) is 1. The number of methoxy groups -OCH3 is 1. The van der Waals surface area contributed by atoms with Gasteiger partial charge < -0.3 is 15.0 Å². The predicted octanol–water partition coefficient (Wildman–Crippen LogP) is 4.61. The number of piperazine rings is 1. The smallest absolute Gasteiger partial charge is 0.337 e. The van der Waals surface area contributed by atoms with Gasteiger partial charge in [-0.05, 0) is 35.9 Å². The molecule has 3 aromatic carbocycles. The lowest BCUT2D eigenvalue weighted by Gasteiger charge is -2.37. The molecule has 1 saturated heterocycles. The average molecular weight is 509 g/mol. The fourth-order valence-corrected chi connectivity index (χ4v) is 4.32. The van der Waals surface area contributed by atoms with E-state index in [0.29, 0.717) is 5.69 Å². The van der Waals surface area contributed by atoms with Gasteiger partial charge in [-0.25, -0.2) is 4.79 Å². The number of hydrogen-bond donors (Lipinski definition) is 1. The highest BCUT2D eigenvalue weighted by atomic mass is 35.5. The highest BCUT2D eigenvalue weighted by Gasteiger charge is 2.23. The largest absolute Gasteiger partial charge is 0.465 e. The van der Waals surface area contributed by atoms with Gasteiger partial charge in [0, 0.05) is 44.4 Å². The van der Waals surface area contributed by atoms with Crippen molar-refractivity contribution >= 4 is 40.5 Å². The summed E-state index contributed by atoms with van der Waals surface area (Å²) in [6.07, 6.45) is 0. The van der Waals surface area contributed by atoms with Crippen molar-refractivity contribution in [1.29, 1.82) is 0 Å². The van der Waals surface area contributed by atoms with Gasteiger partial charge in [0.25, 0.3) is 11.6 Å². The van der Waals surface area contributed by atoms with Crippen LogP contribution in [0.15, 0.2) is 66.7 Å². The number of nitro benzene ring substituents is 1. The van der Waals surface area contributed by atoms with Crippen molar-refractivity contribution in [2.24, 2.45) is 0 Å². The van der Waals surface area contributed by atoms with E-state index < -0.39 is 16.8 Å². The molecule has 1 fully saturated rings. The molecule has 3 aromatic rings. The monoisotopic (exact) mass is 508 g/mol. The van der Waals surface area contributed by atoms with Crippen molar-refractivity contribution in [2.45, 2.75) is 6.54 Å². The van der Waals surface area contributed by atoms with Gasteiger partial charge in [-0.3, -0.25) is 19.8 Å². The van der Waals surface area contributed by atoms with Crippen LogP contribution in [0.25, 0.3) is 0 Å². The lowest BCUT2D eigenvalue weighted by Crippen LogP contribution is -2.46. The van der Waals surface area contributed by atoms with Gasteiger partial charge >= 0.3 is 5.97 Å². The first-order valence-corrected chi connectivity index (χ1v) is 11.7. The third-order valence-corrected chi connectivity index (χ3v) is 6.35. The number of halogens is 1. The van der Waals surface area contributed by atoms with Crippen molar-refractivity contribution < 1.29 is 19.2 Å². The molecule has 0 unspecified atom stereocenters. The molecule has 0 bridgehead atoms. The van der Waals surface area contributed by atoms with Gasteiger partial charge in [-0.2, -0.15) is 0 Å². The van der Waals surface area contributed by atoms with E-state index in [2.05, 4.69) is 27.2 Å². The van der Waals surface area contributed by atoms with Crippen LogP contribution in [0.2, 0.25) is 5.02 Å². The van der Waals surface area contributed by atoms with Crippen LogP contribution in [0.4, 0.5) is 17.1 Å². The number of carbonyl (C=O) groups is 2. The van der Waals surface area contributed by atoms with E-state index in [9.17, 15) is 19.7 Å². The lowest BCUT2D eigenvalue weighted by atomic mass is 10.1. The summed E-state index contributed by atoms with van der Waals surface area (Å²) in [5.41, 5.74) is 2.41. The predicted molar refractivity (Wildman–Crippen MR) is 138 cm³/mol. The topological polar surface area (TPSA) is 105 Å². The first kappa shape index (κ1) is 25.2. The van der Waals surface area contributed by atoms with E-state index in [1.165, 1.54) is 24.8 Å². The number of amides is 1. The second-order valence-corrected chi connectivity index (χ2v) is 8.76. The number of benzene rings is 3. The molecule has 1 aliphatic heterocycles. The van der Waals surface area contributed by atoms with Gasteiger partial charge in [0.2, 0.25) is 0 Å². The second kappa shape index (κ2) is 11.2. The Balaban J connectivity index is 1.55. The van der Waals surface area contributed by atoms with Crippen molar-refractivity contribution in [1.82, 2.24) is 4.90 Å². The van der Waals surface area contributed by atoms with E-state index in [0.717, 1.165) is 44.5 Å². The molecule has 9 nitrogen and oxygen atoms in total. The number of anilines is 2. The highest BCUT2D eigenvalue weighted by Crippen LogP contribution is 2.31. The third-order valence-electron chi connectivity index (χ3n) is 6.03. The Bertz CT molecular complexity index is 1280. The van der Waals surface area contributed by atoms with Crippen LogP contribution >= 0.6 is 11.6 Å². The van der Waals surface area contributed by atoms with Crippen LogP contribution in [-0.4, -0.2) is 55.0 Å². The Morgan fingerprint density at radius 2 is 1.69 bits per heavy atom. The van der Waals surface area contributed by atoms with Crippen LogP contribution in [0.3, 0.4) is 0 Å². The minimum atomic E-state index is -0.642. The number of esters is 1. The Kier molecular flexibility index (Phi) is 7.82. The number of nitrogens with one attached hydrogen (secondary N) is 1. The molecule has 1 heterocycles. The van der Waals surface area contributed by atoms with Crippen molar-refractivity contribution in [3.63, 3.8) is 0 Å². The summed E-state index contributed by atoms with van der Waals surface area (Å²) in [6.45, 7) is 3.95. The molecule has 1 amide bonds. The second-order valence-electron chi connectivity index (χ2n) is 8.35. The van der Waals surface area contributed by atoms with Gasteiger partial charge in [-0.1, -0.05) is 41.9 Å². The summed E-state index contributed by atoms with van der Waals surface area (Å²) in [5.74, 6) is -1.09. The summed E-state index contributed by atoms with van der Waals surface area (Å²) < 4.78 is 4.83. The molecule has 0 spiro atoms. The van der Waals surface area contributed by atoms with Crippen LogP contribution < -0.4 is 10.2 Å². The molecule has 10 heteroatoms. The third kappa shape index (κ3) is 5.81. The number of carbonyl (C=O) groups excluding carboxylic acids is 2. The van der Waals surface area contributed by atoms with Crippen LogP contribution in [0.5, 0.6) is 0 Å². The molecule has 0 radical (unpaired) electrons. The van der Waals surface area contributed by atoms with Crippen molar-refractivity contribution in [3.05, 3.63) is 98.6 Å². The van der Waals surface area contributed by atoms with Crippen LogP contribution in [0, 0.1) is 10.1 Å². The van der Waals surface area contributed by atoms with Gasteiger partial charge in [0.15, 0.2) is 0 Å². The molecule has 1 aliphatic rings. The minimum absolute atomic E-state index is 0.0571. The standard InChI is InChI=1S/C26H25ClN4O5/c1-36-26(33)20-8-10-23(30-13-11-29(12-14-30)17-18-5-3-2-4-6-18)22(15-20)28-25(32)19-7-9-21(27)24(16-19)31(34)35/h2-10,15-16H,11-14,17H2,1H3,(H,28,32). The Morgan fingerprint density at radius 3 is 2.36 bits per heavy atom. The maximum atomic E-state index is 13.0. The summed E-state index contributed by atoms with van der Waals surface area (Å²) in [5, 5.41) is 14.0. The van der Waals surface area contributed by atoms with Crippen LogP contribution in [0.1, 0.15) is 26.3 Å². The number of hydrogen-bond acceptors (Lipinski definition) is 7. The normalized spacial score (nSPS) is 13.8. The molecular formula is C26H25ClN4O5. The van der Waals surface area contributed by atoms with Crippen molar-refractivity contribution in [2.75, 3.05) is 43.5 Å². The molecule has 186 valence electrons. The Hall–Kier alpha value is -3.95. The summed E-state index contributed by atoms with van der Waals surface area (Å²) in [7, 11) is 1.29. The van der Waals surface area contributed by atoms with Crippen molar-refractivity contribution in [3.8, 4) is 0 Å². The van der Waals surface area contributed by atoms with Gasteiger partial charge in [0.1, 0.15) is 5.02 Å². The van der Waals surface area contributed by atoms with E-state index in [1.807, 2.05) is 18.2 Å². The quantitative estimate of drug-likeness (QED) is 0.282. The van der Waals surface area contributed by atoms with E-state index >= 15 is 0 Å². The molecule has 4 rings (SSSR count). The van der Waals surface area contributed by atoms with Gasteiger partial charge in [0.05, 0.1) is 29.0 Å². The molecule has 0 saturated carbocycles. The van der Waals surface area contributed by atoms with Gasteiger partial charge in [-0.15, -0.1) is 0 Å². The zero-order chi connectivity index (χ0) is 25.7. The highest BCUT2D eigenvalue weighted by molar-refractivity contribution is 6.32. The molecular weight excluding hydrogens is 484 g/mol. The molecule has 0 aliphatic carbocycles. The lowest BCUT2D eigenvalue weighted by molar-refractivity contribution is -0.384. The maximum Gasteiger partial charge on any atom is 0.337 e. The van der Waals surface area contributed by atoms with E-state index in [1.54, 1.807) is 18.2 Å². The maximum absolute atomic E-state index is 13.0. The molecule has 0 aromatic heterocycles. The minimum Gasteiger partial charge on any atom is -0.465 e. The zero-order valence-corrected chi connectivity index (χ0v) is 20.4. The number of nitrogens with zero attached hydrogens (tertiary/aromatic N) is 3. The first-order chi connectivity index (χ1) is 17.4. The first-order valence-electron chi connectivity index (χ1n) is 11.3. The summed E-state index contributed by atoms with van der Waals surface area (Å²) in [6, 6.07) is 19.1. The molecule has 36 heavy (non-hydrogen) atoms. The summed E-state index contributed by atoms with van der Waals surface area (Å²) in [4.78, 5) is 40.3. The molecule has 1 N–H and O–H groups in total. The SMILES string of the molecule is COC(=O)c1ccc(N2CCN(Cc3ccccc3)CC2)c(NC(=O)c2ccc(Cl)c([N+](=O)[O-])c2)c1.